The molecule has 0 radical (unpaired) electrons. The van der Waals surface area contributed by atoms with Crippen molar-refractivity contribution in [1.29, 1.82) is 0 Å². The minimum absolute atomic E-state index is 0.0560. The Hall–Kier alpha value is -1.58. The third-order valence-corrected chi connectivity index (χ3v) is 3.49. The Morgan fingerprint density at radius 2 is 2.11 bits per heavy atom. The van der Waals surface area contributed by atoms with Crippen molar-refractivity contribution in [2.24, 2.45) is 5.92 Å². The average molecular weight is 263 g/mol. The molecule has 1 heterocycles. The standard InChI is InChI=1S/C15H25N3O/c1-5-8-17-14-7-9-16-10-13(14)15(19)18-12(4)11(3)6-2/h7,9-12H,5-6,8H2,1-4H3,(H,16,17)(H,18,19). The van der Waals surface area contributed by atoms with Gasteiger partial charge in [0, 0.05) is 25.0 Å². The number of pyridine rings is 1. The summed E-state index contributed by atoms with van der Waals surface area (Å²) >= 11 is 0. The lowest BCUT2D eigenvalue weighted by Crippen LogP contribution is -2.37. The van der Waals surface area contributed by atoms with E-state index < -0.39 is 0 Å². The second kappa shape index (κ2) is 7.77. The van der Waals surface area contributed by atoms with Crippen LogP contribution in [-0.2, 0) is 0 Å². The maximum Gasteiger partial charge on any atom is 0.255 e. The fourth-order valence-electron chi connectivity index (χ4n) is 1.77. The highest BCUT2D eigenvalue weighted by atomic mass is 16.1. The summed E-state index contributed by atoms with van der Waals surface area (Å²) in [6.07, 6.45) is 5.39. The van der Waals surface area contributed by atoms with E-state index in [1.165, 1.54) is 0 Å². The van der Waals surface area contributed by atoms with Gasteiger partial charge in [-0.15, -0.1) is 0 Å². The van der Waals surface area contributed by atoms with Crippen LogP contribution in [0.5, 0.6) is 0 Å². The summed E-state index contributed by atoms with van der Waals surface area (Å²) in [6, 6.07) is 2.01. The number of carbonyl (C=O) groups excluding carboxylic acids is 1. The number of hydrogen-bond acceptors (Lipinski definition) is 3. The van der Waals surface area contributed by atoms with Crippen LogP contribution in [-0.4, -0.2) is 23.5 Å². The molecule has 4 heteroatoms. The number of nitrogens with zero attached hydrogens (tertiary/aromatic N) is 1. The number of nitrogens with one attached hydrogen (secondary N) is 2. The monoisotopic (exact) mass is 263 g/mol. The van der Waals surface area contributed by atoms with Crippen molar-refractivity contribution in [3.05, 3.63) is 24.0 Å². The highest BCUT2D eigenvalue weighted by Gasteiger charge is 2.16. The van der Waals surface area contributed by atoms with Crippen molar-refractivity contribution in [2.45, 2.75) is 46.6 Å². The van der Waals surface area contributed by atoms with Crippen molar-refractivity contribution in [3.63, 3.8) is 0 Å². The van der Waals surface area contributed by atoms with Crippen molar-refractivity contribution in [3.8, 4) is 0 Å². The second-order valence-corrected chi connectivity index (χ2v) is 5.00. The van der Waals surface area contributed by atoms with Gasteiger partial charge in [0.05, 0.1) is 11.3 Å². The van der Waals surface area contributed by atoms with Gasteiger partial charge in [0.25, 0.3) is 5.91 Å². The van der Waals surface area contributed by atoms with E-state index in [0.717, 1.165) is 25.1 Å². The van der Waals surface area contributed by atoms with Gasteiger partial charge in [-0.1, -0.05) is 27.2 Å². The minimum Gasteiger partial charge on any atom is -0.384 e. The summed E-state index contributed by atoms with van der Waals surface area (Å²) in [4.78, 5) is 16.3. The zero-order valence-corrected chi connectivity index (χ0v) is 12.4. The summed E-state index contributed by atoms with van der Waals surface area (Å²) in [5.41, 5.74) is 1.47. The molecule has 1 aromatic heterocycles. The number of hydrogen-bond donors (Lipinski definition) is 2. The Balaban J connectivity index is 2.76. The lowest BCUT2D eigenvalue weighted by Gasteiger charge is -2.20. The summed E-state index contributed by atoms with van der Waals surface area (Å²) in [5.74, 6) is 0.409. The first-order valence-corrected chi connectivity index (χ1v) is 7.08. The average Bonchev–Trinajstić information content (AvgIpc) is 2.44. The van der Waals surface area contributed by atoms with Crippen molar-refractivity contribution >= 4 is 11.6 Å². The van der Waals surface area contributed by atoms with Crippen LogP contribution in [0.1, 0.15) is 50.9 Å². The van der Waals surface area contributed by atoms with E-state index in [1.54, 1.807) is 12.4 Å². The topological polar surface area (TPSA) is 54.0 Å². The predicted molar refractivity (Wildman–Crippen MR) is 79.4 cm³/mol. The first-order chi connectivity index (χ1) is 9.10. The van der Waals surface area contributed by atoms with E-state index in [2.05, 4.69) is 36.4 Å². The number of rotatable bonds is 7. The van der Waals surface area contributed by atoms with Gasteiger partial charge in [0.2, 0.25) is 0 Å². The van der Waals surface area contributed by atoms with Gasteiger partial charge >= 0.3 is 0 Å². The van der Waals surface area contributed by atoms with Gasteiger partial charge in [0.1, 0.15) is 0 Å². The van der Waals surface area contributed by atoms with Crippen LogP contribution >= 0.6 is 0 Å². The zero-order valence-electron chi connectivity index (χ0n) is 12.4. The molecule has 4 nitrogen and oxygen atoms in total. The summed E-state index contributed by atoms with van der Waals surface area (Å²) in [5, 5.41) is 6.30. The van der Waals surface area contributed by atoms with Crippen molar-refractivity contribution in [1.82, 2.24) is 10.3 Å². The molecule has 2 N–H and O–H groups in total. The molecule has 2 atom stereocenters. The van der Waals surface area contributed by atoms with Crippen molar-refractivity contribution in [2.75, 3.05) is 11.9 Å². The molecule has 0 aromatic carbocycles. The van der Waals surface area contributed by atoms with Crippen LogP contribution in [0.25, 0.3) is 0 Å². The van der Waals surface area contributed by atoms with Gasteiger partial charge in [-0.2, -0.15) is 0 Å². The molecular weight excluding hydrogens is 238 g/mol. The predicted octanol–water partition coefficient (Wildman–Crippen LogP) is 3.07. The first-order valence-electron chi connectivity index (χ1n) is 7.08. The fourth-order valence-corrected chi connectivity index (χ4v) is 1.77. The molecule has 0 fully saturated rings. The Labute approximate surface area is 116 Å². The molecule has 0 saturated heterocycles. The van der Waals surface area contributed by atoms with Gasteiger partial charge in [-0.25, -0.2) is 0 Å². The molecule has 0 aliphatic heterocycles. The van der Waals surface area contributed by atoms with E-state index in [1.807, 2.05) is 13.0 Å². The third-order valence-electron chi connectivity index (χ3n) is 3.49. The number of anilines is 1. The zero-order chi connectivity index (χ0) is 14.3. The quantitative estimate of drug-likeness (QED) is 0.795. The lowest BCUT2D eigenvalue weighted by atomic mass is 10.0. The van der Waals surface area contributed by atoms with Crippen LogP contribution in [0, 0.1) is 5.92 Å². The molecule has 19 heavy (non-hydrogen) atoms. The molecular formula is C15H25N3O. The molecule has 0 aliphatic rings. The van der Waals surface area contributed by atoms with E-state index in [0.29, 0.717) is 11.5 Å². The molecule has 2 unspecified atom stereocenters. The molecule has 0 saturated carbocycles. The first kappa shape index (κ1) is 15.5. The van der Waals surface area contributed by atoms with Crippen LogP contribution in [0.3, 0.4) is 0 Å². The third kappa shape index (κ3) is 4.54. The van der Waals surface area contributed by atoms with Gasteiger partial charge in [0.15, 0.2) is 0 Å². The Bertz CT molecular complexity index is 406. The van der Waals surface area contributed by atoms with Crippen LogP contribution < -0.4 is 10.6 Å². The second-order valence-electron chi connectivity index (χ2n) is 5.00. The Morgan fingerprint density at radius 3 is 2.74 bits per heavy atom. The number of aromatic nitrogens is 1. The van der Waals surface area contributed by atoms with Gasteiger partial charge < -0.3 is 10.6 Å². The van der Waals surface area contributed by atoms with Crippen LogP contribution in [0.4, 0.5) is 5.69 Å². The minimum atomic E-state index is -0.0560. The fraction of sp³-hybridized carbons (Fsp3) is 0.600. The molecule has 106 valence electrons. The van der Waals surface area contributed by atoms with Gasteiger partial charge in [-0.3, -0.25) is 9.78 Å². The van der Waals surface area contributed by atoms with E-state index in [-0.39, 0.29) is 11.9 Å². The van der Waals surface area contributed by atoms with Crippen molar-refractivity contribution < 1.29 is 4.79 Å². The maximum absolute atomic E-state index is 12.3. The Kier molecular flexibility index (Phi) is 6.33. The van der Waals surface area contributed by atoms with Crippen LogP contribution in [0.15, 0.2) is 18.5 Å². The molecule has 1 amide bonds. The van der Waals surface area contributed by atoms with E-state index in [9.17, 15) is 4.79 Å². The lowest BCUT2D eigenvalue weighted by molar-refractivity contribution is 0.0928. The molecule has 1 rings (SSSR count). The molecule has 0 bridgehead atoms. The summed E-state index contributed by atoms with van der Waals surface area (Å²) in [7, 11) is 0. The number of carbonyl (C=O) groups is 1. The maximum atomic E-state index is 12.3. The summed E-state index contributed by atoms with van der Waals surface area (Å²) < 4.78 is 0. The molecule has 1 aromatic rings. The normalized spacial score (nSPS) is 13.7. The van der Waals surface area contributed by atoms with E-state index >= 15 is 0 Å². The van der Waals surface area contributed by atoms with Crippen LogP contribution in [0.2, 0.25) is 0 Å². The Morgan fingerprint density at radius 1 is 1.37 bits per heavy atom. The number of amides is 1. The van der Waals surface area contributed by atoms with Gasteiger partial charge in [-0.05, 0) is 25.3 Å². The smallest absolute Gasteiger partial charge is 0.255 e. The molecule has 0 aliphatic carbocycles. The SMILES string of the molecule is CCCNc1ccncc1C(=O)NC(C)C(C)CC. The largest absolute Gasteiger partial charge is 0.384 e. The highest BCUT2D eigenvalue weighted by molar-refractivity contribution is 5.99. The van der Waals surface area contributed by atoms with E-state index in [4.69, 9.17) is 0 Å². The summed E-state index contributed by atoms with van der Waals surface area (Å²) in [6.45, 7) is 9.27. The highest BCUT2D eigenvalue weighted by Crippen LogP contribution is 2.15. The molecule has 0 spiro atoms.